The Morgan fingerprint density at radius 3 is 2.62 bits per heavy atom. The van der Waals surface area contributed by atoms with E-state index in [-0.39, 0.29) is 5.41 Å². The molecule has 29 heavy (non-hydrogen) atoms. The minimum atomic E-state index is 0.0341. The van der Waals surface area contributed by atoms with Gasteiger partial charge in [-0.25, -0.2) is 0 Å². The standard InChI is InChI=1S/C22H27ClN6/c1-22(2,13-17-8-7-9-18(23)12-17)15-26-21(24-3)25-14-20-28-27-16-29(20)19-10-5-4-6-11-19/h4-12,16H,13-15H2,1-3H3,(H2,24,25,26). The van der Waals surface area contributed by atoms with Crippen LogP contribution in [0.3, 0.4) is 0 Å². The molecule has 0 aliphatic carbocycles. The maximum absolute atomic E-state index is 6.11. The molecule has 2 N–H and O–H groups in total. The summed E-state index contributed by atoms with van der Waals surface area (Å²) >= 11 is 6.11. The summed E-state index contributed by atoms with van der Waals surface area (Å²) in [6.45, 7) is 5.73. The monoisotopic (exact) mass is 410 g/mol. The largest absolute Gasteiger partial charge is 0.356 e. The average molecular weight is 411 g/mol. The van der Waals surface area contributed by atoms with Gasteiger partial charge in [-0.05, 0) is 41.7 Å². The maximum atomic E-state index is 6.11. The number of halogens is 1. The highest BCUT2D eigenvalue weighted by Crippen LogP contribution is 2.22. The molecule has 152 valence electrons. The molecule has 0 aliphatic heterocycles. The number of para-hydroxylation sites is 1. The van der Waals surface area contributed by atoms with Gasteiger partial charge < -0.3 is 10.6 Å². The highest BCUT2D eigenvalue weighted by Gasteiger charge is 2.19. The fourth-order valence-corrected chi connectivity index (χ4v) is 3.37. The molecule has 0 aliphatic rings. The minimum Gasteiger partial charge on any atom is -0.356 e. The third-order valence-electron chi connectivity index (χ3n) is 4.60. The molecule has 3 aromatic rings. The van der Waals surface area contributed by atoms with E-state index < -0.39 is 0 Å². The summed E-state index contributed by atoms with van der Waals surface area (Å²) < 4.78 is 1.96. The smallest absolute Gasteiger partial charge is 0.191 e. The topological polar surface area (TPSA) is 67.1 Å². The molecule has 6 nitrogen and oxygen atoms in total. The van der Waals surface area contributed by atoms with Gasteiger partial charge >= 0.3 is 0 Å². The van der Waals surface area contributed by atoms with Crippen molar-refractivity contribution in [3.63, 3.8) is 0 Å². The quantitative estimate of drug-likeness (QED) is 0.458. The molecule has 0 atom stereocenters. The Morgan fingerprint density at radius 2 is 1.90 bits per heavy atom. The molecule has 0 spiro atoms. The van der Waals surface area contributed by atoms with Crippen molar-refractivity contribution in [2.24, 2.45) is 10.4 Å². The molecule has 0 saturated heterocycles. The summed E-state index contributed by atoms with van der Waals surface area (Å²) in [5.74, 6) is 1.55. The highest BCUT2D eigenvalue weighted by atomic mass is 35.5. The van der Waals surface area contributed by atoms with Crippen molar-refractivity contribution in [1.29, 1.82) is 0 Å². The highest BCUT2D eigenvalue weighted by molar-refractivity contribution is 6.30. The first-order valence-corrected chi connectivity index (χ1v) is 9.98. The molecular formula is C22H27ClN6. The van der Waals surface area contributed by atoms with Crippen LogP contribution in [0.4, 0.5) is 0 Å². The Labute approximate surface area is 177 Å². The van der Waals surface area contributed by atoms with Gasteiger partial charge in [-0.2, -0.15) is 0 Å². The first-order chi connectivity index (χ1) is 14.0. The number of aromatic nitrogens is 3. The number of nitrogens with one attached hydrogen (secondary N) is 2. The van der Waals surface area contributed by atoms with Crippen LogP contribution >= 0.6 is 11.6 Å². The first-order valence-electron chi connectivity index (χ1n) is 9.60. The molecule has 3 rings (SSSR count). The summed E-state index contributed by atoms with van der Waals surface area (Å²) in [4.78, 5) is 4.33. The predicted octanol–water partition coefficient (Wildman–Crippen LogP) is 3.85. The molecular weight excluding hydrogens is 384 g/mol. The van der Waals surface area contributed by atoms with E-state index in [0.29, 0.717) is 6.54 Å². The fraction of sp³-hybridized carbons (Fsp3) is 0.318. The summed E-state index contributed by atoms with van der Waals surface area (Å²) in [6, 6.07) is 18.0. The van der Waals surface area contributed by atoms with Crippen molar-refractivity contribution < 1.29 is 0 Å². The van der Waals surface area contributed by atoms with Gasteiger partial charge in [0, 0.05) is 24.3 Å². The van der Waals surface area contributed by atoms with Crippen molar-refractivity contribution in [1.82, 2.24) is 25.4 Å². The molecule has 0 radical (unpaired) electrons. The van der Waals surface area contributed by atoms with E-state index in [1.165, 1.54) is 5.56 Å². The third kappa shape index (κ3) is 6.06. The molecule has 2 aromatic carbocycles. The van der Waals surface area contributed by atoms with Crippen LogP contribution in [-0.4, -0.2) is 34.3 Å². The van der Waals surface area contributed by atoms with Crippen molar-refractivity contribution >= 4 is 17.6 Å². The summed E-state index contributed by atoms with van der Waals surface area (Å²) in [6.07, 6.45) is 2.64. The van der Waals surface area contributed by atoms with Crippen LogP contribution in [0.2, 0.25) is 5.02 Å². The van der Waals surface area contributed by atoms with E-state index in [2.05, 4.69) is 45.7 Å². The SMILES string of the molecule is CN=C(NCc1nncn1-c1ccccc1)NCC(C)(C)Cc1cccc(Cl)c1. The van der Waals surface area contributed by atoms with Gasteiger partial charge in [0.05, 0.1) is 6.54 Å². The van der Waals surface area contributed by atoms with Gasteiger partial charge in [-0.1, -0.05) is 55.8 Å². The molecule has 1 heterocycles. The Bertz CT molecular complexity index is 949. The summed E-state index contributed by atoms with van der Waals surface area (Å²) in [7, 11) is 1.77. The molecule has 7 heteroatoms. The normalized spacial score (nSPS) is 12.1. The zero-order valence-electron chi connectivity index (χ0n) is 17.1. The van der Waals surface area contributed by atoms with Crippen LogP contribution < -0.4 is 10.6 Å². The molecule has 0 unspecified atom stereocenters. The van der Waals surface area contributed by atoms with Gasteiger partial charge in [0.1, 0.15) is 6.33 Å². The predicted molar refractivity (Wildman–Crippen MR) is 118 cm³/mol. The third-order valence-corrected chi connectivity index (χ3v) is 4.83. The average Bonchev–Trinajstić information content (AvgIpc) is 3.17. The van der Waals surface area contributed by atoms with Gasteiger partial charge in [-0.15, -0.1) is 10.2 Å². The van der Waals surface area contributed by atoms with E-state index in [0.717, 1.165) is 35.5 Å². The summed E-state index contributed by atoms with van der Waals surface area (Å²) in [5.41, 5.74) is 2.29. The van der Waals surface area contributed by atoms with Crippen molar-refractivity contribution in [3.8, 4) is 5.69 Å². The summed E-state index contributed by atoms with van der Waals surface area (Å²) in [5, 5.41) is 15.8. The van der Waals surface area contributed by atoms with Gasteiger partial charge in [0.15, 0.2) is 11.8 Å². The van der Waals surface area contributed by atoms with Gasteiger partial charge in [0.2, 0.25) is 0 Å². The van der Waals surface area contributed by atoms with Gasteiger partial charge in [-0.3, -0.25) is 9.56 Å². The Kier molecular flexibility index (Phi) is 6.88. The molecule has 0 saturated carbocycles. The van der Waals surface area contributed by atoms with Crippen LogP contribution in [-0.2, 0) is 13.0 Å². The van der Waals surface area contributed by atoms with Crippen LogP contribution in [0.1, 0.15) is 25.2 Å². The molecule has 0 fully saturated rings. The second-order valence-electron chi connectivity index (χ2n) is 7.70. The van der Waals surface area contributed by atoms with Crippen molar-refractivity contribution in [3.05, 3.63) is 77.3 Å². The number of benzene rings is 2. The molecule has 0 bridgehead atoms. The van der Waals surface area contributed by atoms with E-state index in [9.17, 15) is 0 Å². The number of hydrogen-bond acceptors (Lipinski definition) is 3. The number of guanidine groups is 1. The number of hydrogen-bond donors (Lipinski definition) is 2. The van der Waals surface area contributed by atoms with Crippen molar-refractivity contribution in [2.75, 3.05) is 13.6 Å². The number of rotatable bonds is 7. The van der Waals surface area contributed by atoms with Crippen LogP contribution in [0.15, 0.2) is 65.9 Å². The van der Waals surface area contributed by atoms with Crippen molar-refractivity contribution in [2.45, 2.75) is 26.8 Å². The maximum Gasteiger partial charge on any atom is 0.191 e. The minimum absolute atomic E-state index is 0.0341. The second-order valence-corrected chi connectivity index (χ2v) is 8.14. The molecule has 0 amide bonds. The lowest BCUT2D eigenvalue weighted by Gasteiger charge is -2.26. The van der Waals surface area contributed by atoms with Crippen LogP contribution in [0.25, 0.3) is 5.69 Å². The fourth-order valence-electron chi connectivity index (χ4n) is 3.15. The van der Waals surface area contributed by atoms with E-state index in [4.69, 9.17) is 11.6 Å². The lowest BCUT2D eigenvalue weighted by molar-refractivity contribution is 0.359. The number of nitrogens with zero attached hydrogens (tertiary/aromatic N) is 4. The lowest BCUT2D eigenvalue weighted by Crippen LogP contribution is -2.42. The zero-order valence-corrected chi connectivity index (χ0v) is 17.8. The van der Waals surface area contributed by atoms with Crippen LogP contribution in [0.5, 0.6) is 0 Å². The van der Waals surface area contributed by atoms with Gasteiger partial charge in [0.25, 0.3) is 0 Å². The Balaban J connectivity index is 1.56. The van der Waals surface area contributed by atoms with E-state index in [1.807, 2.05) is 53.1 Å². The lowest BCUT2D eigenvalue weighted by atomic mass is 9.86. The molecule has 1 aromatic heterocycles. The van der Waals surface area contributed by atoms with E-state index >= 15 is 0 Å². The second kappa shape index (κ2) is 9.56. The zero-order chi connectivity index (χ0) is 20.7. The van der Waals surface area contributed by atoms with E-state index in [1.54, 1.807) is 13.4 Å². The first kappa shape index (κ1) is 20.9. The number of aliphatic imine (C=N–C) groups is 1. The Hall–Kier alpha value is -2.86. The van der Waals surface area contributed by atoms with Crippen LogP contribution in [0, 0.1) is 5.41 Å². The Morgan fingerprint density at radius 1 is 1.10 bits per heavy atom.